The molecule has 0 spiro atoms. The average molecular weight is 356 g/mol. The summed E-state index contributed by atoms with van der Waals surface area (Å²) < 4.78 is 37.8. The van der Waals surface area contributed by atoms with Gasteiger partial charge in [-0.2, -0.15) is 4.31 Å². The van der Waals surface area contributed by atoms with Crippen LogP contribution in [-0.4, -0.2) is 64.6 Å². The van der Waals surface area contributed by atoms with Crippen LogP contribution in [0.15, 0.2) is 23.1 Å². The first-order chi connectivity index (χ1) is 11.5. The minimum absolute atomic E-state index is 0.199. The van der Waals surface area contributed by atoms with Crippen LogP contribution in [0.25, 0.3) is 0 Å². The summed E-state index contributed by atoms with van der Waals surface area (Å²) >= 11 is 0. The van der Waals surface area contributed by atoms with E-state index in [9.17, 15) is 8.42 Å². The van der Waals surface area contributed by atoms with Gasteiger partial charge >= 0.3 is 0 Å². The van der Waals surface area contributed by atoms with Crippen LogP contribution < -0.4 is 9.47 Å². The van der Waals surface area contributed by atoms with E-state index in [1.54, 1.807) is 29.6 Å². The van der Waals surface area contributed by atoms with Gasteiger partial charge in [0.1, 0.15) is 16.4 Å². The van der Waals surface area contributed by atoms with Gasteiger partial charge in [0.25, 0.3) is 0 Å². The second-order valence-corrected chi connectivity index (χ2v) is 7.88. The number of hydrogen-bond acceptors (Lipinski definition) is 5. The number of rotatable bonds is 8. The number of piperazine rings is 1. The number of nitrogens with zero attached hydrogens (tertiary/aromatic N) is 2. The highest BCUT2D eigenvalue weighted by atomic mass is 32.2. The highest BCUT2D eigenvalue weighted by Gasteiger charge is 2.30. The Hall–Kier alpha value is -1.31. The molecule has 1 aromatic rings. The van der Waals surface area contributed by atoms with Crippen molar-refractivity contribution < 1.29 is 17.9 Å². The Morgan fingerprint density at radius 2 is 1.75 bits per heavy atom. The lowest BCUT2D eigenvalue weighted by Crippen LogP contribution is -2.48. The molecule has 0 atom stereocenters. The molecule has 1 fully saturated rings. The molecule has 2 rings (SSSR count). The van der Waals surface area contributed by atoms with E-state index in [1.165, 1.54) is 26.4 Å². The lowest BCUT2D eigenvalue weighted by molar-refractivity contribution is 0.185. The minimum atomic E-state index is -3.55. The lowest BCUT2D eigenvalue weighted by Gasteiger charge is -2.34. The van der Waals surface area contributed by atoms with Crippen molar-refractivity contribution in [2.75, 3.05) is 46.9 Å². The molecule has 1 heterocycles. The van der Waals surface area contributed by atoms with Gasteiger partial charge in [-0.05, 0) is 25.1 Å². The first kappa shape index (κ1) is 19.0. The zero-order valence-electron chi connectivity index (χ0n) is 14.8. The summed E-state index contributed by atoms with van der Waals surface area (Å²) in [6, 6.07) is 4.81. The molecular weight excluding hydrogens is 328 g/mol. The SMILES string of the molecule is CCCCCN1CCN(S(=O)(=O)c2ccc(OC)cc2OC)CC1. The molecule has 1 aliphatic rings. The number of methoxy groups -OCH3 is 2. The molecule has 0 radical (unpaired) electrons. The molecule has 0 saturated carbocycles. The van der Waals surface area contributed by atoms with Crippen molar-refractivity contribution in [2.24, 2.45) is 0 Å². The fourth-order valence-corrected chi connectivity index (χ4v) is 4.46. The summed E-state index contributed by atoms with van der Waals surface area (Å²) in [5.74, 6) is 0.895. The second-order valence-electron chi connectivity index (χ2n) is 5.97. The summed E-state index contributed by atoms with van der Waals surface area (Å²) in [4.78, 5) is 2.54. The standard InChI is InChI=1S/C17H28N2O4S/c1-4-5-6-9-18-10-12-19(13-11-18)24(20,21)17-8-7-15(22-2)14-16(17)23-3/h7-8,14H,4-6,9-13H2,1-3H3. The molecule has 6 nitrogen and oxygen atoms in total. The highest BCUT2D eigenvalue weighted by Crippen LogP contribution is 2.31. The third kappa shape index (κ3) is 4.40. The fourth-order valence-electron chi connectivity index (χ4n) is 2.91. The number of benzene rings is 1. The van der Waals surface area contributed by atoms with Gasteiger partial charge in [-0.3, -0.25) is 0 Å². The molecule has 1 aromatic carbocycles. The molecule has 136 valence electrons. The zero-order valence-corrected chi connectivity index (χ0v) is 15.6. The Labute approximate surface area is 145 Å². The van der Waals surface area contributed by atoms with Crippen molar-refractivity contribution in [3.05, 3.63) is 18.2 Å². The van der Waals surface area contributed by atoms with E-state index in [0.717, 1.165) is 19.6 Å². The second kappa shape index (κ2) is 8.69. The minimum Gasteiger partial charge on any atom is -0.497 e. The molecule has 0 aliphatic carbocycles. The monoisotopic (exact) mass is 356 g/mol. The van der Waals surface area contributed by atoms with Crippen LogP contribution in [0.3, 0.4) is 0 Å². The van der Waals surface area contributed by atoms with Crippen LogP contribution in [0.5, 0.6) is 11.5 Å². The molecule has 24 heavy (non-hydrogen) atoms. The summed E-state index contributed by atoms with van der Waals surface area (Å²) in [7, 11) is -0.538. The number of unbranched alkanes of at least 4 members (excludes halogenated alkanes) is 2. The molecule has 1 saturated heterocycles. The van der Waals surface area contributed by atoms with Crippen LogP contribution in [0, 0.1) is 0 Å². The van der Waals surface area contributed by atoms with Crippen molar-refractivity contribution in [1.29, 1.82) is 0 Å². The maximum Gasteiger partial charge on any atom is 0.246 e. The Bertz CT molecular complexity index is 625. The predicted octanol–water partition coefficient (Wildman–Crippen LogP) is 2.20. The molecule has 0 N–H and O–H groups in total. The van der Waals surface area contributed by atoms with Crippen LogP contribution in [0.4, 0.5) is 0 Å². The summed E-state index contributed by atoms with van der Waals surface area (Å²) in [6.45, 7) is 5.83. The molecule has 7 heteroatoms. The molecule has 0 unspecified atom stereocenters. The normalized spacial score (nSPS) is 17.0. The van der Waals surface area contributed by atoms with Crippen LogP contribution in [0.1, 0.15) is 26.2 Å². The molecule has 1 aliphatic heterocycles. The Morgan fingerprint density at radius 1 is 1.04 bits per heavy atom. The average Bonchev–Trinajstić information content (AvgIpc) is 2.61. The van der Waals surface area contributed by atoms with Gasteiger partial charge in [-0.15, -0.1) is 0 Å². The number of ether oxygens (including phenoxy) is 2. The zero-order chi connectivity index (χ0) is 17.6. The highest BCUT2D eigenvalue weighted by molar-refractivity contribution is 7.89. The quantitative estimate of drug-likeness (QED) is 0.668. The van der Waals surface area contributed by atoms with E-state index >= 15 is 0 Å². The van der Waals surface area contributed by atoms with Crippen LogP contribution in [-0.2, 0) is 10.0 Å². The van der Waals surface area contributed by atoms with E-state index in [2.05, 4.69) is 11.8 Å². The number of sulfonamides is 1. The first-order valence-corrected chi connectivity index (χ1v) is 9.91. The number of hydrogen-bond donors (Lipinski definition) is 0. The van der Waals surface area contributed by atoms with Gasteiger partial charge in [0, 0.05) is 32.2 Å². The van der Waals surface area contributed by atoms with Gasteiger partial charge in [-0.25, -0.2) is 8.42 Å². The molecule has 0 bridgehead atoms. The molecule has 0 amide bonds. The third-order valence-electron chi connectivity index (χ3n) is 4.40. The topological polar surface area (TPSA) is 59.1 Å². The summed E-state index contributed by atoms with van der Waals surface area (Å²) in [5, 5.41) is 0. The van der Waals surface area contributed by atoms with Gasteiger partial charge in [-0.1, -0.05) is 19.8 Å². The maximum atomic E-state index is 12.9. The van der Waals surface area contributed by atoms with E-state index < -0.39 is 10.0 Å². The lowest BCUT2D eigenvalue weighted by atomic mass is 10.2. The van der Waals surface area contributed by atoms with Gasteiger partial charge in [0.15, 0.2) is 0 Å². The predicted molar refractivity (Wildman–Crippen MR) is 94.3 cm³/mol. The van der Waals surface area contributed by atoms with Crippen LogP contribution >= 0.6 is 0 Å². The van der Waals surface area contributed by atoms with Crippen molar-refractivity contribution in [3.63, 3.8) is 0 Å². The smallest absolute Gasteiger partial charge is 0.246 e. The van der Waals surface area contributed by atoms with Crippen molar-refractivity contribution >= 4 is 10.0 Å². The van der Waals surface area contributed by atoms with E-state index in [1.807, 2.05) is 0 Å². The summed E-state index contributed by atoms with van der Waals surface area (Å²) in [6.07, 6.45) is 3.60. The van der Waals surface area contributed by atoms with Gasteiger partial charge in [0.2, 0.25) is 10.0 Å². The van der Waals surface area contributed by atoms with E-state index in [4.69, 9.17) is 9.47 Å². The van der Waals surface area contributed by atoms with E-state index in [-0.39, 0.29) is 4.90 Å². The van der Waals surface area contributed by atoms with E-state index in [0.29, 0.717) is 24.6 Å². The Morgan fingerprint density at radius 3 is 2.33 bits per heavy atom. The van der Waals surface area contributed by atoms with Gasteiger partial charge < -0.3 is 14.4 Å². The molecule has 0 aromatic heterocycles. The van der Waals surface area contributed by atoms with Crippen molar-refractivity contribution in [1.82, 2.24) is 9.21 Å². The Kier molecular flexibility index (Phi) is 6.89. The van der Waals surface area contributed by atoms with Crippen molar-refractivity contribution in [3.8, 4) is 11.5 Å². The van der Waals surface area contributed by atoms with Crippen molar-refractivity contribution in [2.45, 2.75) is 31.1 Å². The Balaban J connectivity index is 2.06. The summed E-state index contributed by atoms with van der Waals surface area (Å²) in [5.41, 5.74) is 0. The largest absolute Gasteiger partial charge is 0.497 e. The first-order valence-electron chi connectivity index (χ1n) is 8.47. The van der Waals surface area contributed by atoms with Crippen LogP contribution in [0.2, 0.25) is 0 Å². The maximum absolute atomic E-state index is 12.9. The van der Waals surface area contributed by atoms with Gasteiger partial charge in [0.05, 0.1) is 14.2 Å². The fraction of sp³-hybridized carbons (Fsp3) is 0.647. The molecular formula is C17H28N2O4S. The third-order valence-corrected chi connectivity index (χ3v) is 6.34.